The van der Waals surface area contributed by atoms with Gasteiger partial charge in [0.1, 0.15) is 0 Å². The zero-order chi connectivity index (χ0) is 14.2. The molecular formula is C16H25N3O. The Morgan fingerprint density at radius 2 is 1.80 bits per heavy atom. The fraction of sp³-hybridized carbons (Fsp3) is 0.562. The van der Waals surface area contributed by atoms with E-state index in [0.717, 1.165) is 13.1 Å². The smallest absolute Gasteiger partial charge is 0.216 e. The topological polar surface area (TPSA) is 44.4 Å². The Labute approximate surface area is 121 Å². The lowest BCUT2D eigenvalue weighted by molar-refractivity contribution is -0.118. The first-order chi connectivity index (χ1) is 9.75. The summed E-state index contributed by atoms with van der Waals surface area (Å²) in [7, 11) is 0. The second kappa shape index (κ2) is 7.90. The van der Waals surface area contributed by atoms with Crippen LogP contribution in [0.15, 0.2) is 24.3 Å². The van der Waals surface area contributed by atoms with Crippen LogP contribution < -0.4 is 15.5 Å². The van der Waals surface area contributed by atoms with Gasteiger partial charge in [0.2, 0.25) is 5.91 Å². The number of rotatable bonds is 6. The molecule has 0 unspecified atom stereocenters. The predicted octanol–water partition coefficient (Wildman–Crippen LogP) is 1.90. The average Bonchev–Trinajstić information content (AvgIpc) is 2.48. The van der Waals surface area contributed by atoms with E-state index < -0.39 is 0 Å². The van der Waals surface area contributed by atoms with Crippen LogP contribution in [0, 0.1) is 0 Å². The molecule has 1 saturated heterocycles. The Bertz CT molecular complexity index is 410. The van der Waals surface area contributed by atoms with Crippen LogP contribution >= 0.6 is 0 Å². The molecule has 1 fully saturated rings. The molecule has 1 aromatic carbocycles. The van der Waals surface area contributed by atoms with E-state index in [1.54, 1.807) is 6.92 Å². The molecule has 0 saturated carbocycles. The van der Waals surface area contributed by atoms with Gasteiger partial charge < -0.3 is 15.5 Å². The van der Waals surface area contributed by atoms with Crippen LogP contribution in [-0.4, -0.2) is 32.1 Å². The first-order valence-corrected chi connectivity index (χ1v) is 7.55. The first-order valence-electron chi connectivity index (χ1n) is 7.55. The molecule has 4 heteroatoms. The van der Waals surface area contributed by atoms with Crippen LogP contribution in [0.3, 0.4) is 0 Å². The zero-order valence-corrected chi connectivity index (χ0v) is 12.3. The molecule has 1 amide bonds. The highest BCUT2D eigenvalue weighted by atomic mass is 16.1. The van der Waals surface area contributed by atoms with Crippen LogP contribution in [0.4, 0.5) is 5.69 Å². The fourth-order valence-corrected chi connectivity index (χ4v) is 2.54. The Hall–Kier alpha value is -1.55. The van der Waals surface area contributed by atoms with Gasteiger partial charge in [0.15, 0.2) is 0 Å². The van der Waals surface area contributed by atoms with Crippen molar-refractivity contribution in [2.45, 2.75) is 32.7 Å². The minimum absolute atomic E-state index is 0.0256. The summed E-state index contributed by atoms with van der Waals surface area (Å²) in [5.41, 5.74) is 2.63. The van der Waals surface area contributed by atoms with Crippen molar-refractivity contribution in [2.24, 2.45) is 0 Å². The molecule has 0 bridgehead atoms. The molecule has 0 atom stereocenters. The van der Waals surface area contributed by atoms with Crippen molar-refractivity contribution in [3.05, 3.63) is 29.8 Å². The minimum atomic E-state index is 0.0256. The Kier molecular flexibility index (Phi) is 5.87. The molecule has 4 nitrogen and oxygen atoms in total. The van der Waals surface area contributed by atoms with Gasteiger partial charge >= 0.3 is 0 Å². The lowest BCUT2D eigenvalue weighted by Gasteiger charge is -2.28. The number of anilines is 1. The molecule has 1 heterocycles. The summed E-state index contributed by atoms with van der Waals surface area (Å²) in [6.07, 6.45) is 3.99. The van der Waals surface area contributed by atoms with E-state index in [1.807, 2.05) is 0 Å². The summed E-state index contributed by atoms with van der Waals surface area (Å²) in [4.78, 5) is 13.2. The van der Waals surface area contributed by atoms with Gasteiger partial charge in [0.05, 0.1) is 0 Å². The molecule has 1 aromatic rings. The molecule has 0 spiro atoms. The summed E-state index contributed by atoms with van der Waals surface area (Å²) in [5, 5.41) is 6.10. The van der Waals surface area contributed by atoms with Crippen molar-refractivity contribution in [3.8, 4) is 0 Å². The summed E-state index contributed by atoms with van der Waals surface area (Å²) < 4.78 is 0. The Balaban J connectivity index is 1.72. The third kappa shape index (κ3) is 4.85. The van der Waals surface area contributed by atoms with Crippen molar-refractivity contribution in [3.63, 3.8) is 0 Å². The number of carbonyl (C=O) groups is 1. The molecule has 1 aliphatic rings. The highest BCUT2D eigenvalue weighted by Crippen LogP contribution is 2.20. The lowest BCUT2D eigenvalue weighted by atomic mass is 10.1. The molecule has 0 aromatic heterocycles. The van der Waals surface area contributed by atoms with E-state index in [0.29, 0.717) is 6.54 Å². The number of nitrogens with zero attached hydrogens (tertiary/aromatic N) is 1. The number of benzene rings is 1. The number of hydrogen-bond acceptors (Lipinski definition) is 3. The normalized spacial score (nSPS) is 15.2. The van der Waals surface area contributed by atoms with Gasteiger partial charge in [-0.25, -0.2) is 0 Å². The number of carbonyl (C=O) groups excluding carboxylic acids is 1. The van der Waals surface area contributed by atoms with Crippen LogP contribution in [0.2, 0.25) is 0 Å². The third-order valence-electron chi connectivity index (χ3n) is 3.66. The molecular weight excluding hydrogens is 250 g/mol. The number of hydrogen-bond donors (Lipinski definition) is 2. The Morgan fingerprint density at radius 3 is 2.45 bits per heavy atom. The summed E-state index contributed by atoms with van der Waals surface area (Å²) in [5.74, 6) is 0.0256. The number of nitrogens with one attached hydrogen (secondary N) is 2. The van der Waals surface area contributed by atoms with E-state index in [-0.39, 0.29) is 5.91 Å². The first kappa shape index (κ1) is 14.9. The van der Waals surface area contributed by atoms with Crippen molar-refractivity contribution in [1.29, 1.82) is 0 Å². The van der Waals surface area contributed by atoms with Crippen LogP contribution in [0.5, 0.6) is 0 Å². The van der Waals surface area contributed by atoms with Gasteiger partial charge in [-0.3, -0.25) is 4.79 Å². The van der Waals surface area contributed by atoms with E-state index >= 15 is 0 Å². The molecule has 0 radical (unpaired) electrons. The van der Waals surface area contributed by atoms with Crippen molar-refractivity contribution < 1.29 is 4.79 Å². The molecule has 2 rings (SSSR count). The van der Waals surface area contributed by atoms with Gasteiger partial charge in [-0.05, 0) is 37.0 Å². The maximum atomic E-state index is 10.7. The molecule has 110 valence electrons. The van der Waals surface area contributed by atoms with Crippen LogP contribution in [0.25, 0.3) is 0 Å². The van der Waals surface area contributed by atoms with Gasteiger partial charge in [-0.1, -0.05) is 12.1 Å². The standard InChI is InChI=1S/C16H25N3O/c1-14(20)18-10-9-17-13-15-5-7-16(8-6-15)19-11-3-2-4-12-19/h5-8,17H,2-4,9-13H2,1H3,(H,18,20). The van der Waals surface area contributed by atoms with E-state index in [4.69, 9.17) is 0 Å². The molecule has 20 heavy (non-hydrogen) atoms. The summed E-state index contributed by atoms with van der Waals surface area (Å²) in [6, 6.07) is 8.82. The predicted molar refractivity (Wildman–Crippen MR) is 82.9 cm³/mol. The zero-order valence-electron chi connectivity index (χ0n) is 12.3. The Morgan fingerprint density at radius 1 is 1.10 bits per heavy atom. The minimum Gasteiger partial charge on any atom is -0.372 e. The van der Waals surface area contributed by atoms with Gasteiger partial charge in [-0.15, -0.1) is 0 Å². The number of amides is 1. The average molecular weight is 275 g/mol. The maximum absolute atomic E-state index is 10.7. The second-order valence-corrected chi connectivity index (χ2v) is 5.37. The van der Waals surface area contributed by atoms with E-state index in [2.05, 4.69) is 39.8 Å². The van der Waals surface area contributed by atoms with E-state index in [9.17, 15) is 4.79 Å². The highest BCUT2D eigenvalue weighted by molar-refractivity contribution is 5.72. The third-order valence-corrected chi connectivity index (χ3v) is 3.66. The van der Waals surface area contributed by atoms with Crippen LogP contribution in [-0.2, 0) is 11.3 Å². The molecule has 2 N–H and O–H groups in total. The SMILES string of the molecule is CC(=O)NCCNCc1ccc(N2CCCCC2)cc1. The van der Waals surface area contributed by atoms with Gasteiger partial charge in [0.25, 0.3) is 0 Å². The van der Waals surface area contributed by atoms with Gasteiger partial charge in [0, 0.05) is 45.3 Å². The maximum Gasteiger partial charge on any atom is 0.216 e. The summed E-state index contributed by atoms with van der Waals surface area (Å²) in [6.45, 7) is 6.25. The van der Waals surface area contributed by atoms with Crippen LogP contribution in [0.1, 0.15) is 31.7 Å². The molecule has 0 aliphatic carbocycles. The molecule has 1 aliphatic heterocycles. The quantitative estimate of drug-likeness (QED) is 0.779. The lowest BCUT2D eigenvalue weighted by Crippen LogP contribution is -2.30. The van der Waals surface area contributed by atoms with Crippen molar-refractivity contribution in [1.82, 2.24) is 10.6 Å². The largest absolute Gasteiger partial charge is 0.372 e. The second-order valence-electron chi connectivity index (χ2n) is 5.37. The van der Waals surface area contributed by atoms with E-state index in [1.165, 1.54) is 43.6 Å². The summed E-state index contributed by atoms with van der Waals surface area (Å²) >= 11 is 0. The highest BCUT2D eigenvalue weighted by Gasteiger charge is 2.10. The number of piperidine rings is 1. The monoisotopic (exact) mass is 275 g/mol. The fourth-order valence-electron chi connectivity index (χ4n) is 2.54. The van der Waals surface area contributed by atoms with Crippen molar-refractivity contribution in [2.75, 3.05) is 31.1 Å². The van der Waals surface area contributed by atoms with Crippen molar-refractivity contribution >= 4 is 11.6 Å². The van der Waals surface area contributed by atoms with Gasteiger partial charge in [-0.2, -0.15) is 0 Å².